The van der Waals surface area contributed by atoms with Crippen LogP contribution in [0.2, 0.25) is 0 Å². The summed E-state index contributed by atoms with van der Waals surface area (Å²) in [5.41, 5.74) is 0.0620. The summed E-state index contributed by atoms with van der Waals surface area (Å²) in [6.45, 7) is 0.800. The van der Waals surface area contributed by atoms with Crippen molar-refractivity contribution in [2.75, 3.05) is 23.9 Å². The fourth-order valence-electron chi connectivity index (χ4n) is 3.20. The molecular formula is C13H20O2S2. The van der Waals surface area contributed by atoms with E-state index in [1.165, 1.54) is 17.9 Å². The first-order valence-corrected chi connectivity index (χ1v) is 8.86. The van der Waals surface area contributed by atoms with Crippen molar-refractivity contribution in [3.8, 4) is 0 Å². The quantitative estimate of drug-likeness (QED) is 0.772. The van der Waals surface area contributed by atoms with Crippen LogP contribution in [-0.2, 0) is 9.53 Å². The number of thioether (sulfide) groups is 2. The molecule has 0 saturated carbocycles. The molecule has 3 fully saturated rings. The van der Waals surface area contributed by atoms with E-state index in [0.717, 1.165) is 38.0 Å². The first kappa shape index (κ1) is 12.4. The van der Waals surface area contributed by atoms with Crippen LogP contribution in [0.25, 0.3) is 0 Å². The van der Waals surface area contributed by atoms with Gasteiger partial charge in [-0.2, -0.15) is 23.5 Å². The number of carbonyl (C=O) groups excluding carboxylic acids is 1. The molecule has 0 aromatic carbocycles. The van der Waals surface area contributed by atoms with E-state index in [9.17, 15) is 4.79 Å². The highest BCUT2D eigenvalue weighted by Gasteiger charge is 2.43. The monoisotopic (exact) mass is 272 g/mol. The van der Waals surface area contributed by atoms with Gasteiger partial charge in [0.05, 0.1) is 10.9 Å². The molecule has 1 spiro atoms. The number of ketones is 1. The van der Waals surface area contributed by atoms with Crippen molar-refractivity contribution in [3.05, 3.63) is 0 Å². The van der Waals surface area contributed by atoms with Crippen LogP contribution >= 0.6 is 23.5 Å². The molecule has 3 saturated heterocycles. The van der Waals surface area contributed by atoms with Gasteiger partial charge in [-0.15, -0.1) is 0 Å². The molecule has 4 heteroatoms. The van der Waals surface area contributed by atoms with E-state index in [1.807, 2.05) is 23.5 Å². The van der Waals surface area contributed by atoms with E-state index in [4.69, 9.17) is 4.74 Å². The van der Waals surface area contributed by atoms with Gasteiger partial charge >= 0.3 is 0 Å². The maximum atomic E-state index is 12.5. The van der Waals surface area contributed by atoms with Crippen molar-refractivity contribution in [2.45, 2.75) is 43.0 Å². The molecule has 3 aliphatic heterocycles. The molecule has 0 radical (unpaired) electrons. The maximum absolute atomic E-state index is 12.5. The molecule has 0 aliphatic carbocycles. The van der Waals surface area contributed by atoms with E-state index in [-0.39, 0.29) is 11.5 Å². The largest absolute Gasteiger partial charge is 0.374 e. The number of hydrogen-bond donors (Lipinski definition) is 0. The van der Waals surface area contributed by atoms with Crippen LogP contribution < -0.4 is 0 Å². The van der Waals surface area contributed by atoms with Crippen molar-refractivity contribution in [2.24, 2.45) is 5.92 Å². The molecule has 96 valence electrons. The Labute approximate surface area is 112 Å². The first-order valence-electron chi connectivity index (χ1n) is 6.66. The average Bonchev–Trinajstić information content (AvgIpc) is 3.00. The first-order chi connectivity index (χ1) is 8.29. The fourth-order valence-corrected chi connectivity index (χ4v) is 5.88. The minimum Gasteiger partial charge on any atom is -0.374 e. The van der Waals surface area contributed by atoms with E-state index in [2.05, 4.69) is 0 Å². The minimum absolute atomic E-state index is 0.0620. The zero-order chi connectivity index (χ0) is 11.7. The molecule has 3 unspecified atom stereocenters. The molecular weight excluding hydrogens is 252 g/mol. The van der Waals surface area contributed by atoms with Gasteiger partial charge in [-0.1, -0.05) is 0 Å². The van der Waals surface area contributed by atoms with Crippen LogP contribution in [0.1, 0.15) is 32.1 Å². The normalized spacial score (nSPS) is 42.1. The summed E-state index contributed by atoms with van der Waals surface area (Å²) in [6.07, 6.45) is 5.45. The lowest BCUT2D eigenvalue weighted by Gasteiger charge is -2.37. The molecule has 0 bridgehead atoms. The molecule has 0 aromatic heterocycles. The highest BCUT2D eigenvalue weighted by atomic mass is 32.2. The van der Waals surface area contributed by atoms with Gasteiger partial charge in [0.25, 0.3) is 0 Å². The van der Waals surface area contributed by atoms with E-state index >= 15 is 0 Å². The predicted molar refractivity (Wildman–Crippen MR) is 73.8 cm³/mol. The molecule has 0 N–H and O–H groups in total. The zero-order valence-corrected chi connectivity index (χ0v) is 11.8. The van der Waals surface area contributed by atoms with Crippen LogP contribution in [0.15, 0.2) is 0 Å². The molecule has 3 atom stereocenters. The predicted octanol–water partition coefficient (Wildman–Crippen LogP) is 2.75. The van der Waals surface area contributed by atoms with Crippen molar-refractivity contribution in [1.82, 2.24) is 0 Å². The second-order valence-corrected chi connectivity index (χ2v) is 7.84. The lowest BCUT2D eigenvalue weighted by molar-refractivity contribution is -0.133. The molecule has 3 heterocycles. The lowest BCUT2D eigenvalue weighted by atomic mass is 9.82. The van der Waals surface area contributed by atoms with Crippen LogP contribution in [0, 0.1) is 5.92 Å². The Bertz CT molecular complexity index is 294. The van der Waals surface area contributed by atoms with Crippen LogP contribution in [-0.4, -0.2) is 40.5 Å². The topological polar surface area (TPSA) is 26.3 Å². The van der Waals surface area contributed by atoms with Crippen molar-refractivity contribution in [1.29, 1.82) is 0 Å². The van der Waals surface area contributed by atoms with Crippen LogP contribution in [0.5, 0.6) is 0 Å². The summed E-state index contributed by atoms with van der Waals surface area (Å²) in [4.78, 5) is 12.5. The van der Waals surface area contributed by atoms with Gasteiger partial charge in [0.1, 0.15) is 5.78 Å². The number of Topliss-reactive ketones (excluding diaryl/α,β-unsaturated/α-hetero) is 1. The molecule has 2 nitrogen and oxygen atoms in total. The van der Waals surface area contributed by atoms with Gasteiger partial charge in [-0.05, 0) is 43.6 Å². The highest BCUT2D eigenvalue weighted by molar-refractivity contribution is 8.00. The summed E-state index contributed by atoms with van der Waals surface area (Å²) < 4.78 is 5.99. The van der Waals surface area contributed by atoms with E-state index in [0.29, 0.717) is 11.0 Å². The SMILES string of the molecule is O=C(C1CCOC2(CCSC2)C1)C1CCCS1. The standard InChI is InChI=1S/C13H20O2S2/c14-12(11-2-1-6-17-11)10-3-5-15-13(8-10)4-7-16-9-13/h10-11H,1-9H2. The Morgan fingerprint density at radius 1 is 1.29 bits per heavy atom. The van der Waals surface area contributed by atoms with E-state index < -0.39 is 0 Å². The number of hydrogen-bond acceptors (Lipinski definition) is 4. The summed E-state index contributed by atoms with van der Waals surface area (Å²) in [5.74, 6) is 4.32. The Morgan fingerprint density at radius 3 is 2.94 bits per heavy atom. The molecule has 3 rings (SSSR count). The van der Waals surface area contributed by atoms with Crippen LogP contribution in [0.3, 0.4) is 0 Å². The van der Waals surface area contributed by atoms with Crippen molar-refractivity contribution >= 4 is 29.3 Å². The summed E-state index contributed by atoms with van der Waals surface area (Å²) in [7, 11) is 0. The molecule has 3 aliphatic rings. The third kappa shape index (κ3) is 2.54. The lowest BCUT2D eigenvalue weighted by Crippen LogP contribution is -2.43. The Hall–Kier alpha value is 0.330. The third-order valence-corrected chi connectivity index (χ3v) is 6.83. The van der Waals surface area contributed by atoms with Gasteiger partial charge < -0.3 is 4.74 Å². The molecule has 0 amide bonds. The van der Waals surface area contributed by atoms with Gasteiger partial charge in [0.2, 0.25) is 0 Å². The average molecular weight is 272 g/mol. The second kappa shape index (κ2) is 5.14. The van der Waals surface area contributed by atoms with Gasteiger partial charge in [0, 0.05) is 18.3 Å². The fraction of sp³-hybridized carbons (Fsp3) is 0.923. The van der Waals surface area contributed by atoms with Crippen molar-refractivity contribution < 1.29 is 9.53 Å². The number of ether oxygens (including phenoxy) is 1. The molecule has 17 heavy (non-hydrogen) atoms. The zero-order valence-electron chi connectivity index (χ0n) is 10.2. The van der Waals surface area contributed by atoms with Gasteiger partial charge in [0.15, 0.2) is 0 Å². The molecule has 0 aromatic rings. The van der Waals surface area contributed by atoms with Gasteiger partial charge in [-0.3, -0.25) is 4.79 Å². The number of rotatable bonds is 2. The summed E-state index contributed by atoms with van der Waals surface area (Å²) >= 11 is 3.86. The van der Waals surface area contributed by atoms with Crippen LogP contribution in [0.4, 0.5) is 0 Å². The minimum atomic E-state index is 0.0620. The maximum Gasteiger partial charge on any atom is 0.149 e. The summed E-state index contributed by atoms with van der Waals surface area (Å²) in [5, 5.41) is 0.309. The Balaban J connectivity index is 1.64. The second-order valence-electron chi connectivity index (χ2n) is 5.43. The van der Waals surface area contributed by atoms with Crippen molar-refractivity contribution in [3.63, 3.8) is 0 Å². The Kier molecular flexibility index (Phi) is 3.74. The van der Waals surface area contributed by atoms with Gasteiger partial charge in [-0.25, -0.2) is 0 Å². The van der Waals surface area contributed by atoms with E-state index in [1.54, 1.807) is 0 Å². The highest BCUT2D eigenvalue weighted by Crippen LogP contribution is 2.42. The Morgan fingerprint density at radius 2 is 2.24 bits per heavy atom. The third-order valence-electron chi connectivity index (χ3n) is 4.21. The summed E-state index contributed by atoms with van der Waals surface area (Å²) in [6, 6.07) is 0. The smallest absolute Gasteiger partial charge is 0.149 e. The number of carbonyl (C=O) groups is 1.